The van der Waals surface area contributed by atoms with Gasteiger partial charge in [-0.05, 0) is 48.9 Å². The van der Waals surface area contributed by atoms with Crippen molar-refractivity contribution in [3.8, 4) is 11.8 Å². The molecule has 0 aliphatic carbocycles. The Kier molecular flexibility index (Phi) is 7.41. The van der Waals surface area contributed by atoms with Gasteiger partial charge in [0.05, 0.1) is 17.2 Å². The van der Waals surface area contributed by atoms with Crippen molar-refractivity contribution in [3.63, 3.8) is 0 Å². The molecule has 0 unspecified atom stereocenters. The van der Waals surface area contributed by atoms with Gasteiger partial charge < -0.3 is 19.0 Å². The van der Waals surface area contributed by atoms with Crippen LogP contribution in [0.4, 0.5) is 5.88 Å². The molecule has 34 heavy (non-hydrogen) atoms. The maximum atomic E-state index is 12.9. The van der Waals surface area contributed by atoms with E-state index >= 15 is 0 Å². The second-order valence-electron chi connectivity index (χ2n) is 7.56. The van der Waals surface area contributed by atoms with Crippen LogP contribution in [0.2, 0.25) is 10.0 Å². The number of halogens is 2. The highest BCUT2D eigenvalue weighted by atomic mass is 35.5. The summed E-state index contributed by atoms with van der Waals surface area (Å²) in [4.78, 5) is 20.8. The monoisotopic (exact) mass is 496 g/mol. The van der Waals surface area contributed by atoms with E-state index in [2.05, 4.69) is 11.1 Å². The highest BCUT2D eigenvalue weighted by Gasteiger charge is 2.27. The average Bonchev–Trinajstić information content (AvgIpc) is 3.27. The summed E-state index contributed by atoms with van der Waals surface area (Å²) >= 11 is 12.1. The number of carbonyl (C=O) groups excluding carboxylic acids is 1. The Morgan fingerprint density at radius 1 is 1.15 bits per heavy atom. The van der Waals surface area contributed by atoms with Crippen molar-refractivity contribution in [2.45, 2.75) is 6.92 Å². The number of nitriles is 1. The summed E-state index contributed by atoms with van der Waals surface area (Å²) in [5, 5.41) is 10.3. The number of oxazole rings is 1. The number of amides is 1. The SMILES string of the molecule is CCOc1ccc(/C=C/c2nc(C#N)c(N3CCN(C(=O)c4ccc(Cl)cc4Cl)CC3)o2)cc1. The normalized spacial score (nSPS) is 13.8. The van der Waals surface area contributed by atoms with Crippen LogP contribution >= 0.6 is 23.2 Å². The van der Waals surface area contributed by atoms with Crippen LogP contribution in [0.1, 0.15) is 34.4 Å². The van der Waals surface area contributed by atoms with Crippen molar-refractivity contribution < 1.29 is 13.9 Å². The highest BCUT2D eigenvalue weighted by molar-refractivity contribution is 6.36. The summed E-state index contributed by atoms with van der Waals surface area (Å²) in [5.74, 6) is 1.40. The molecule has 1 aliphatic rings. The minimum absolute atomic E-state index is 0.154. The lowest BCUT2D eigenvalue weighted by Crippen LogP contribution is -2.49. The maximum Gasteiger partial charge on any atom is 0.255 e. The first-order chi connectivity index (χ1) is 16.5. The van der Waals surface area contributed by atoms with Crippen molar-refractivity contribution in [2.75, 3.05) is 37.7 Å². The number of piperazine rings is 1. The topological polar surface area (TPSA) is 82.6 Å². The number of rotatable bonds is 6. The molecule has 7 nitrogen and oxygen atoms in total. The fraction of sp³-hybridized carbons (Fsp3) is 0.240. The molecule has 1 amide bonds. The van der Waals surface area contributed by atoms with E-state index in [1.54, 1.807) is 29.2 Å². The summed E-state index contributed by atoms with van der Waals surface area (Å²) in [6, 6.07) is 14.6. The summed E-state index contributed by atoms with van der Waals surface area (Å²) < 4.78 is 11.3. The summed E-state index contributed by atoms with van der Waals surface area (Å²) in [6.45, 7) is 4.48. The van der Waals surface area contributed by atoms with Crippen LogP contribution in [0.3, 0.4) is 0 Å². The zero-order valence-electron chi connectivity index (χ0n) is 18.5. The number of hydrogen-bond acceptors (Lipinski definition) is 6. The molecule has 174 valence electrons. The molecule has 2 aromatic carbocycles. The van der Waals surface area contributed by atoms with Gasteiger partial charge in [0.1, 0.15) is 11.8 Å². The molecule has 0 atom stereocenters. The van der Waals surface area contributed by atoms with E-state index in [9.17, 15) is 10.1 Å². The number of anilines is 1. The molecule has 0 spiro atoms. The quantitative estimate of drug-likeness (QED) is 0.455. The largest absolute Gasteiger partial charge is 0.494 e. The zero-order valence-corrected chi connectivity index (χ0v) is 20.0. The highest BCUT2D eigenvalue weighted by Crippen LogP contribution is 2.26. The molecule has 1 aliphatic heterocycles. The number of carbonyl (C=O) groups is 1. The second-order valence-corrected chi connectivity index (χ2v) is 8.40. The Bertz CT molecular complexity index is 1240. The van der Waals surface area contributed by atoms with Crippen LogP contribution in [0.5, 0.6) is 5.75 Å². The Hall–Kier alpha value is -3.47. The first-order valence-electron chi connectivity index (χ1n) is 10.8. The van der Waals surface area contributed by atoms with Crippen molar-refractivity contribution in [3.05, 3.63) is 75.2 Å². The van der Waals surface area contributed by atoms with Crippen molar-refractivity contribution >= 4 is 47.1 Å². The molecule has 9 heteroatoms. The van der Waals surface area contributed by atoms with Crippen LogP contribution in [0.25, 0.3) is 12.2 Å². The van der Waals surface area contributed by atoms with Gasteiger partial charge in [-0.2, -0.15) is 10.2 Å². The number of ether oxygens (including phenoxy) is 1. The van der Waals surface area contributed by atoms with Gasteiger partial charge in [-0.15, -0.1) is 0 Å². The third-order valence-corrected chi connectivity index (χ3v) is 5.90. The number of hydrogen-bond donors (Lipinski definition) is 0. The number of nitrogens with zero attached hydrogens (tertiary/aromatic N) is 4. The van der Waals surface area contributed by atoms with Gasteiger partial charge >= 0.3 is 0 Å². The van der Waals surface area contributed by atoms with Crippen LogP contribution < -0.4 is 9.64 Å². The molecule has 4 rings (SSSR count). The van der Waals surface area contributed by atoms with Gasteiger partial charge in [-0.1, -0.05) is 35.3 Å². The first-order valence-corrected chi connectivity index (χ1v) is 11.5. The smallest absolute Gasteiger partial charge is 0.255 e. The lowest BCUT2D eigenvalue weighted by atomic mass is 10.1. The second kappa shape index (κ2) is 10.6. The van der Waals surface area contributed by atoms with Crippen molar-refractivity contribution in [1.29, 1.82) is 5.26 Å². The van der Waals surface area contributed by atoms with Crippen molar-refractivity contribution in [1.82, 2.24) is 9.88 Å². The Balaban J connectivity index is 1.42. The van der Waals surface area contributed by atoms with Gasteiger partial charge in [-0.3, -0.25) is 4.79 Å². The van der Waals surface area contributed by atoms with Crippen LogP contribution in [-0.2, 0) is 0 Å². The summed E-state index contributed by atoms with van der Waals surface area (Å²) in [7, 11) is 0. The first kappa shape index (κ1) is 23.7. The van der Waals surface area contributed by atoms with Crippen LogP contribution in [-0.4, -0.2) is 48.6 Å². The van der Waals surface area contributed by atoms with Gasteiger partial charge in [0.15, 0.2) is 0 Å². The summed E-state index contributed by atoms with van der Waals surface area (Å²) in [5.41, 5.74) is 1.58. The minimum Gasteiger partial charge on any atom is -0.494 e. The van der Waals surface area contributed by atoms with Gasteiger partial charge in [0.2, 0.25) is 17.5 Å². The van der Waals surface area contributed by atoms with Gasteiger partial charge in [-0.25, -0.2) is 0 Å². The fourth-order valence-corrected chi connectivity index (χ4v) is 4.13. The van der Waals surface area contributed by atoms with E-state index in [-0.39, 0.29) is 11.6 Å². The van der Waals surface area contributed by atoms with E-state index < -0.39 is 0 Å². The molecule has 3 aromatic rings. The predicted octanol–water partition coefficient (Wildman–Crippen LogP) is 5.38. The Morgan fingerprint density at radius 3 is 2.53 bits per heavy atom. The van der Waals surface area contributed by atoms with E-state index in [1.165, 1.54) is 0 Å². The molecular formula is C25H22Cl2N4O3. The van der Waals surface area contributed by atoms with Gasteiger partial charge in [0, 0.05) is 37.3 Å². The Labute approximate surface area is 207 Å². The van der Waals surface area contributed by atoms with Gasteiger partial charge in [0.25, 0.3) is 5.91 Å². The molecule has 0 N–H and O–H groups in total. The third-order valence-electron chi connectivity index (χ3n) is 5.36. The number of benzene rings is 2. The zero-order chi connectivity index (χ0) is 24.1. The summed E-state index contributed by atoms with van der Waals surface area (Å²) in [6.07, 6.45) is 3.58. The molecule has 0 saturated carbocycles. The third kappa shape index (κ3) is 5.36. The number of aromatic nitrogens is 1. The standard InChI is InChI=1S/C25H22Cl2N4O3/c1-2-33-19-7-3-17(4-8-19)5-10-23-29-22(16-28)25(34-23)31-13-11-30(12-14-31)24(32)20-9-6-18(26)15-21(20)27/h3-10,15H,2,11-14H2,1H3/b10-5+. The van der Waals surface area contributed by atoms with E-state index in [0.29, 0.717) is 60.2 Å². The molecule has 0 radical (unpaired) electrons. The van der Waals surface area contributed by atoms with Crippen LogP contribution in [0, 0.1) is 11.3 Å². The maximum absolute atomic E-state index is 12.9. The lowest BCUT2D eigenvalue weighted by molar-refractivity contribution is 0.0745. The average molecular weight is 497 g/mol. The van der Waals surface area contributed by atoms with Crippen LogP contribution in [0.15, 0.2) is 46.9 Å². The lowest BCUT2D eigenvalue weighted by Gasteiger charge is -2.34. The molecule has 1 aromatic heterocycles. The van der Waals surface area contributed by atoms with E-state index in [0.717, 1.165) is 11.3 Å². The molecule has 0 bridgehead atoms. The molecular weight excluding hydrogens is 475 g/mol. The molecule has 2 heterocycles. The minimum atomic E-state index is -0.154. The Morgan fingerprint density at radius 2 is 1.88 bits per heavy atom. The van der Waals surface area contributed by atoms with Crippen molar-refractivity contribution in [2.24, 2.45) is 0 Å². The predicted molar refractivity (Wildman–Crippen MR) is 132 cm³/mol. The molecule has 1 saturated heterocycles. The molecule has 1 fully saturated rings. The van der Waals surface area contributed by atoms with E-state index in [4.69, 9.17) is 32.4 Å². The van der Waals surface area contributed by atoms with E-state index in [1.807, 2.05) is 42.2 Å². The fourth-order valence-electron chi connectivity index (χ4n) is 3.64.